The zero-order valence-electron chi connectivity index (χ0n) is 25.4. The van der Waals surface area contributed by atoms with Crippen molar-refractivity contribution in [1.82, 2.24) is 15.0 Å². The molecular formula is C34H40N6O3S. The van der Waals surface area contributed by atoms with Gasteiger partial charge in [0.05, 0.1) is 16.3 Å². The van der Waals surface area contributed by atoms with E-state index in [0.717, 1.165) is 84.8 Å². The third kappa shape index (κ3) is 6.88. The number of nitrogens with zero attached hydrogens (tertiary/aromatic N) is 4. The molecule has 6 rings (SSSR count). The van der Waals surface area contributed by atoms with Crippen LogP contribution in [-0.4, -0.2) is 72.1 Å². The quantitative estimate of drug-likeness (QED) is 0.266. The number of nitrogens with two attached hydrogens (primary N) is 1. The average Bonchev–Trinajstić information content (AvgIpc) is 3.73. The maximum Gasteiger partial charge on any atom is 0.277 e. The number of aromatic nitrogens is 1. The highest BCUT2D eigenvalue weighted by Gasteiger charge is 2.29. The van der Waals surface area contributed by atoms with Crippen molar-refractivity contribution in [2.75, 3.05) is 43.4 Å². The Bertz CT molecular complexity index is 1590. The molecule has 230 valence electrons. The fraction of sp³-hybridized carbons (Fsp3) is 0.382. The summed E-state index contributed by atoms with van der Waals surface area (Å²) in [6, 6.07) is 20.4. The molecule has 1 aliphatic carbocycles. The summed E-state index contributed by atoms with van der Waals surface area (Å²) in [5.41, 5.74) is 11.2. The van der Waals surface area contributed by atoms with Crippen molar-refractivity contribution in [3.8, 4) is 11.1 Å². The first kappa shape index (κ1) is 30.1. The maximum absolute atomic E-state index is 13.7. The van der Waals surface area contributed by atoms with Crippen LogP contribution in [0, 0.1) is 6.92 Å². The molecule has 2 aromatic heterocycles. The second kappa shape index (κ2) is 13.3. The third-order valence-corrected chi connectivity index (χ3v) is 9.60. The summed E-state index contributed by atoms with van der Waals surface area (Å²) in [6.45, 7) is 5.94. The van der Waals surface area contributed by atoms with Crippen LogP contribution < -0.4 is 16.0 Å². The Balaban J connectivity index is 1.29. The smallest absolute Gasteiger partial charge is 0.277 e. The van der Waals surface area contributed by atoms with Crippen LogP contribution in [0.15, 0.2) is 70.6 Å². The summed E-state index contributed by atoms with van der Waals surface area (Å²) in [5, 5.41) is 8.97. The number of amides is 2. The molecule has 44 heavy (non-hydrogen) atoms. The van der Waals surface area contributed by atoms with Crippen LogP contribution in [0.5, 0.6) is 0 Å². The van der Waals surface area contributed by atoms with E-state index in [0.29, 0.717) is 12.3 Å². The number of anilines is 2. The number of carbonyl (C=O) groups is 2. The number of rotatable bonds is 8. The predicted molar refractivity (Wildman–Crippen MR) is 175 cm³/mol. The lowest BCUT2D eigenvalue weighted by molar-refractivity contribution is 0.0611. The van der Waals surface area contributed by atoms with Gasteiger partial charge in [-0.05, 0) is 86.0 Å². The largest absolute Gasteiger partial charge is 0.367 e. The Morgan fingerprint density at radius 2 is 1.77 bits per heavy atom. The van der Waals surface area contributed by atoms with E-state index in [1.807, 2.05) is 34.5 Å². The molecule has 0 radical (unpaired) electrons. The first-order chi connectivity index (χ1) is 21.3. The maximum atomic E-state index is 13.7. The lowest BCUT2D eigenvalue weighted by Gasteiger charge is -2.36. The topological polar surface area (TPSA) is 108 Å². The Morgan fingerprint density at radius 3 is 2.48 bits per heavy atom. The minimum atomic E-state index is -0.307. The highest BCUT2D eigenvalue weighted by Crippen LogP contribution is 2.34. The van der Waals surface area contributed by atoms with Gasteiger partial charge in [-0.15, -0.1) is 11.3 Å². The van der Waals surface area contributed by atoms with Gasteiger partial charge in [-0.3, -0.25) is 9.59 Å². The fourth-order valence-corrected chi connectivity index (χ4v) is 6.85. The molecule has 3 N–H and O–H groups in total. The Hall–Kier alpha value is -3.99. The molecule has 9 nitrogen and oxygen atoms in total. The molecule has 1 saturated heterocycles. The number of thiophene rings is 1. The molecule has 0 spiro atoms. The molecule has 3 heterocycles. The summed E-state index contributed by atoms with van der Waals surface area (Å²) < 4.78 is 5.15. The number of aryl methyl sites for hydroxylation is 1. The number of nitrogens with one attached hydrogen (secondary N) is 1. The van der Waals surface area contributed by atoms with Crippen LogP contribution in [0.4, 0.5) is 11.4 Å². The van der Waals surface area contributed by atoms with Crippen LogP contribution in [0.1, 0.15) is 57.2 Å². The number of likely N-dealkylation sites (N-methyl/N-ethyl adjacent to an activating group) is 1. The highest BCUT2D eigenvalue weighted by molar-refractivity contribution is 7.12. The van der Waals surface area contributed by atoms with Crippen molar-refractivity contribution in [1.29, 1.82) is 0 Å². The Labute approximate surface area is 262 Å². The van der Waals surface area contributed by atoms with Gasteiger partial charge in [0, 0.05) is 50.9 Å². The molecule has 10 heteroatoms. The van der Waals surface area contributed by atoms with Crippen LogP contribution in [0.3, 0.4) is 0 Å². The van der Waals surface area contributed by atoms with E-state index in [2.05, 4.69) is 57.7 Å². The number of hydrogen-bond donors (Lipinski definition) is 2. The molecule has 4 aromatic rings. The second-order valence-electron chi connectivity index (χ2n) is 12.0. The van der Waals surface area contributed by atoms with E-state index in [1.165, 1.54) is 11.3 Å². The van der Waals surface area contributed by atoms with Crippen LogP contribution in [0.25, 0.3) is 11.1 Å². The van der Waals surface area contributed by atoms with Crippen LogP contribution in [-0.2, 0) is 6.54 Å². The van der Waals surface area contributed by atoms with E-state index in [-0.39, 0.29) is 29.6 Å². The third-order valence-electron chi connectivity index (χ3n) is 8.74. The summed E-state index contributed by atoms with van der Waals surface area (Å²) in [7, 11) is 2.13. The van der Waals surface area contributed by atoms with Gasteiger partial charge in [-0.1, -0.05) is 35.5 Å². The molecule has 2 amide bonds. The van der Waals surface area contributed by atoms with E-state index in [1.54, 1.807) is 13.0 Å². The molecule has 2 aliphatic rings. The van der Waals surface area contributed by atoms with Gasteiger partial charge in [0.15, 0.2) is 5.69 Å². The summed E-state index contributed by atoms with van der Waals surface area (Å²) in [5.74, 6) is 0.358. The van der Waals surface area contributed by atoms with E-state index in [9.17, 15) is 9.59 Å². The Kier molecular flexibility index (Phi) is 9.11. The van der Waals surface area contributed by atoms with Crippen LogP contribution >= 0.6 is 11.3 Å². The lowest BCUT2D eigenvalue weighted by Crippen LogP contribution is -2.44. The molecule has 1 aliphatic heterocycles. The van der Waals surface area contributed by atoms with Crippen molar-refractivity contribution in [3.63, 3.8) is 0 Å². The van der Waals surface area contributed by atoms with Gasteiger partial charge in [-0.25, -0.2) is 0 Å². The highest BCUT2D eigenvalue weighted by atomic mass is 32.1. The van der Waals surface area contributed by atoms with Gasteiger partial charge in [-0.2, -0.15) is 0 Å². The monoisotopic (exact) mass is 612 g/mol. The lowest BCUT2D eigenvalue weighted by atomic mass is 9.90. The van der Waals surface area contributed by atoms with Crippen molar-refractivity contribution < 1.29 is 14.1 Å². The standard InChI is InChI=1S/C34H40N6O3S/c1-23-19-30(37-43-23)33(41)36-29-21-26(8-13-31(29)39-16-14-38(2)15-17-39)25-6-3-5-24(20-25)22-40(28-11-9-27(35)10-12-28)34(42)32-7-4-18-44-32/h3-8,13,18-21,27-28H,9-12,14-17,22,35H2,1-2H3,(H,36,41). The summed E-state index contributed by atoms with van der Waals surface area (Å²) >= 11 is 1.49. The molecule has 0 bridgehead atoms. The second-order valence-corrected chi connectivity index (χ2v) is 12.9. The van der Waals surface area contributed by atoms with E-state index >= 15 is 0 Å². The Morgan fingerprint density at radius 1 is 1.00 bits per heavy atom. The minimum absolute atomic E-state index is 0.0792. The molecule has 1 saturated carbocycles. The number of benzene rings is 2. The van der Waals surface area contributed by atoms with Gasteiger partial charge in [0.1, 0.15) is 5.76 Å². The number of carbonyl (C=O) groups excluding carboxylic acids is 2. The zero-order valence-corrected chi connectivity index (χ0v) is 26.2. The molecular weight excluding hydrogens is 572 g/mol. The zero-order chi connectivity index (χ0) is 30.6. The molecule has 2 aromatic carbocycles. The molecule has 2 fully saturated rings. The fourth-order valence-electron chi connectivity index (χ4n) is 6.17. The van der Waals surface area contributed by atoms with Gasteiger partial charge >= 0.3 is 0 Å². The number of hydrogen-bond acceptors (Lipinski definition) is 8. The van der Waals surface area contributed by atoms with Crippen molar-refractivity contribution in [3.05, 3.63) is 87.9 Å². The molecule has 0 unspecified atom stereocenters. The van der Waals surface area contributed by atoms with Crippen molar-refractivity contribution >= 4 is 34.5 Å². The van der Waals surface area contributed by atoms with Crippen molar-refractivity contribution in [2.45, 2.75) is 51.2 Å². The van der Waals surface area contributed by atoms with Crippen LogP contribution in [0.2, 0.25) is 0 Å². The van der Waals surface area contributed by atoms with Gasteiger partial charge in [0.25, 0.3) is 11.8 Å². The minimum Gasteiger partial charge on any atom is -0.367 e. The predicted octanol–water partition coefficient (Wildman–Crippen LogP) is 5.63. The average molecular weight is 613 g/mol. The van der Waals surface area contributed by atoms with Gasteiger partial charge < -0.3 is 30.3 Å². The SMILES string of the molecule is Cc1cc(C(=O)Nc2cc(-c3cccc(CN(C(=O)c4cccs4)C4CCC(N)CC4)c3)ccc2N2CCN(C)CC2)no1. The normalized spacial score (nSPS) is 19.1. The molecule has 0 atom stereocenters. The first-order valence-electron chi connectivity index (χ1n) is 15.4. The number of piperazine rings is 1. The van der Waals surface area contributed by atoms with E-state index < -0.39 is 0 Å². The van der Waals surface area contributed by atoms with E-state index in [4.69, 9.17) is 10.3 Å². The van der Waals surface area contributed by atoms with Gasteiger partial charge in [0.2, 0.25) is 0 Å². The summed E-state index contributed by atoms with van der Waals surface area (Å²) in [6.07, 6.45) is 3.70. The summed E-state index contributed by atoms with van der Waals surface area (Å²) in [4.78, 5) is 34.3. The first-order valence-corrected chi connectivity index (χ1v) is 16.2. The van der Waals surface area contributed by atoms with Crippen molar-refractivity contribution in [2.24, 2.45) is 5.73 Å².